The van der Waals surface area contributed by atoms with Gasteiger partial charge in [-0.25, -0.2) is 4.98 Å². The molecule has 1 atom stereocenters. The lowest BCUT2D eigenvalue weighted by molar-refractivity contribution is 0.509. The third-order valence-corrected chi connectivity index (χ3v) is 6.42. The van der Waals surface area contributed by atoms with Gasteiger partial charge in [-0.3, -0.25) is 4.40 Å². The minimum absolute atomic E-state index is 0.774. The van der Waals surface area contributed by atoms with Crippen LogP contribution >= 0.6 is 11.3 Å². The van der Waals surface area contributed by atoms with E-state index in [1.807, 2.05) is 17.7 Å². The first kappa shape index (κ1) is 15.0. The number of rotatable bonds is 3. The van der Waals surface area contributed by atoms with Crippen LogP contribution in [0.25, 0.3) is 15.9 Å². The Morgan fingerprint density at radius 2 is 2.04 bits per heavy atom. The van der Waals surface area contributed by atoms with E-state index < -0.39 is 0 Å². The van der Waals surface area contributed by atoms with Crippen molar-refractivity contribution in [3.8, 4) is 0 Å². The first-order valence-electron chi connectivity index (χ1n) is 8.96. The number of hydrogen-bond donors (Lipinski definition) is 0. The molecule has 1 aromatic carbocycles. The molecular formula is C20H20N4S. The molecule has 25 heavy (non-hydrogen) atoms. The van der Waals surface area contributed by atoms with Crippen molar-refractivity contribution in [1.82, 2.24) is 19.6 Å². The number of thiophene rings is 1. The molecule has 1 unspecified atom stereocenters. The van der Waals surface area contributed by atoms with Crippen LogP contribution in [0.4, 0.5) is 0 Å². The van der Waals surface area contributed by atoms with Crippen molar-refractivity contribution in [3.05, 3.63) is 58.5 Å². The monoisotopic (exact) mass is 348 g/mol. The molecular weight excluding hydrogens is 328 g/mol. The van der Waals surface area contributed by atoms with Gasteiger partial charge in [-0.05, 0) is 42.7 Å². The lowest BCUT2D eigenvalue weighted by Gasteiger charge is -2.17. The second-order valence-electron chi connectivity index (χ2n) is 7.07. The summed E-state index contributed by atoms with van der Waals surface area (Å²) in [5, 5.41) is 10.3. The van der Waals surface area contributed by atoms with Gasteiger partial charge in [0.25, 0.3) is 0 Å². The van der Waals surface area contributed by atoms with Gasteiger partial charge in [-0.1, -0.05) is 37.3 Å². The summed E-state index contributed by atoms with van der Waals surface area (Å²) in [7, 11) is 0. The van der Waals surface area contributed by atoms with E-state index in [1.165, 1.54) is 34.2 Å². The molecule has 0 saturated carbocycles. The van der Waals surface area contributed by atoms with Crippen LogP contribution in [0.5, 0.6) is 0 Å². The molecule has 0 amide bonds. The lowest BCUT2D eigenvalue weighted by Crippen LogP contribution is -2.08. The van der Waals surface area contributed by atoms with Crippen molar-refractivity contribution in [1.29, 1.82) is 0 Å². The summed E-state index contributed by atoms with van der Waals surface area (Å²) in [5.41, 5.74) is 3.79. The molecule has 126 valence electrons. The quantitative estimate of drug-likeness (QED) is 0.556. The number of hydrogen-bond acceptors (Lipinski definition) is 4. The van der Waals surface area contributed by atoms with Crippen LogP contribution in [0.2, 0.25) is 0 Å². The highest BCUT2D eigenvalue weighted by Crippen LogP contribution is 2.38. The van der Waals surface area contributed by atoms with Crippen LogP contribution in [-0.4, -0.2) is 19.6 Å². The van der Waals surface area contributed by atoms with Crippen LogP contribution in [0, 0.1) is 5.92 Å². The predicted octanol–water partition coefficient (Wildman–Crippen LogP) is 4.25. The Morgan fingerprint density at radius 3 is 2.92 bits per heavy atom. The molecule has 3 heterocycles. The Balaban J connectivity index is 1.55. The smallest absolute Gasteiger partial charge is 0.172 e. The molecule has 0 radical (unpaired) electrons. The normalized spacial score (nSPS) is 17.2. The number of aryl methyl sites for hydroxylation is 3. The fraction of sp³-hybridized carbons (Fsp3) is 0.350. The first-order valence-corrected chi connectivity index (χ1v) is 9.78. The Bertz CT molecular complexity index is 1050. The van der Waals surface area contributed by atoms with E-state index in [0.29, 0.717) is 0 Å². The largest absolute Gasteiger partial charge is 0.269 e. The SMILES string of the molecule is CC1CCc2c(sc3ncn4c(CCc5ccccc5)nnc4c23)C1. The summed E-state index contributed by atoms with van der Waals surface area (Å²) < 4.78 is 2.09. The zero-order chi connectivity index (χ0) is 16.8. The Morgan fingerprint density at radius 1 is 1.16 bits per heavy atom. The fourth-order valence-electron chi connectivity index (χ4n) is 3.85. The molecule has 5 heteroatoms. The third kappa shape index (κ3) is 2.54. The summed E-state index contributed by atoms with van der Waals surface area (Å²) in [6.45, 7) is 2.34. The highest BCUT2D eigenvalue weighted by Gasteiger charge is 2.23. The Hall–Kier alpha value is -2.27. The minimum Gasteiger partial charge on any atom is -0.269 e. The van der Waals surface area contributed by atoms with E-state index in [9.17, 15) is 0 Å². The van der Waals surface area contributed by atoms with Crippen molar-refractivity contribution < 1.29 is 0 Å². The number of aromatic nitrogens is 4. The molecule has 1 aliphatic rings. The van der Waals surface area contributed by atoms with Crippen molar-refractivity contribution in [2.45, 2.75) is 39.0 Å². The highest BCUT2D eigenvalue weighted by molar-refractivity contribution is 7.19. The Kier molecular flexibility index (Phi) is 3.55. The van der Waals surface area contributed by atoms with Crippen LogP contribution < -0.4 is 0 Å². The predicted molar refractivity (Wildman–Crippen MR) is 101 cm³/mol. The second-order valence-corrected chi connectivity index (χ2v) is 8.16. The standard InChI is InChI=1S/C20H20N4S/c1-13-7-9-15-16(11-13)25-20-18(15)19-23-22-17(24(19)12-21-20)10-8-14-5-3-2-4-6-14/h2-6,12-13H,7-11H2,1H3. The van der Waals surface area contributed by atoms with E-state index in [2.05, 4.69) is 51.9 Å². The molecule has 0 aliphatic heterocycles. The summed E-state index contributed by atoms with van der Waals surface area (Å²) in [5.74, 6) is 1.77. The molecule has 3 aromatic heterocycles. The van der Waals surface area contributed by atoms with E-state index in [0.717, 1.165) is 41.5 Å². The maximum absolute atomic E-state index is 4.73. The fourth-order valence-corrected chi connectivity index (χ4v) is 5.20. The van der Waals surface area contributed by atoms with Gasteiger partial charge in [0.15, 0.2) is 5.65 Å². The van der Waals surface area contributed by atoms with Crippen molar-refractivity contribution >= 4 is 27.2 Å². The number of benzene rings is 1. The third-order valence-electron chi connectivity index (χ3n) is 5.25. The molecule has 5 rings (SSSR count). The molecule has 0 N–H and O–H groups in total. The van der Waals surface area contributed by atoms with Crippen LogP contribution in [0.1, 0.15) is 35.2 Å². The topological polar surface area (TPSA) is 43.1 Å². The van der Waals surface area contributed by atoms with E-state index in [1.54, 1.807) is 0 Å². The molecule has 0 bridgehead atoms. The zero-order valence-corrected chi connectivity index (χ0v) is 15.1. The molecule has 1 aliphatic carbocycles. The van der Waals surface area contributed by atoms with E-state index in [4.69, 9.17) is 4.98 Å². The molecule has 0 spiro atoms. The van der Waals surface area contributed by atoms with Gasteiger partial charge >= 0.3 is 0 Å². The van der Waals surface area contributed by atoms with Gasteiger partial charge in [0.1, 0.15) is 17.0 Å². The average molecular weight is 348 g/mol. The van der Waals surface area contributed by atoms with Crippen LogP contribution in [-0.2, 0) is 25.7 Å². The van der Waals surface area contributed by atoms with Crippen molar-refractivity contribution in [2.24, 2.45) is 5.92 Å². The zero-order valence-electron chi connectivity index (χ0n) is 14.3. The lowest BCUT2D eigenvalue weighted by atomic mass is 9.89. The van der Waals surface area contributed by atoms with Crippen molar-refractivity contribution in [2.75, 3.05) is 0 Å². The van der Waals surface area contributed by atoms with Gasteiger partial charge in [-0.2, -0.15) is 0 Å². The van der Waals surface area contributed by atoms with Crippen LogP contribution in [0.15, 0.2) is 36.7 Å². The van der Waals surface area contributed by atoms with Gasteiger partial charge in [0.05, 0.1) is 5.39 Å². The molecule has 4 nitrogen and oxygen atoms in total. The van der Waals surface area contributed by atoms with Gasteiger partial charge in [0.2, 0.25) is 0 Å². The summed E-state index contributed by atoms with van der Waals surface area (Å²) >= 11 is 1.85. The van der Waals surface area contributed by atoms with Gasteiger partial charge in [0, 0.05) is 11.3 Å². The number of fused-ring (bicyclic) bond motifs is 5. The summed E-state index contributed by atoms with van der Waals surface area (Å²) in [6.07, 6.45) is 7.33. The highest BCUT2D eigenvalue weighted by atomic mass is 32.1. The minimum atomic E-state index is 0.774. The van der Waals surface area contributed by atoms with E-state index >= 15 is 0 Å². The average Bonchev–Trinajstić information content (AvgIpc) is 3.20. The maximum Gasteiger partial charge on any atom is 0.172 e. The molecule has 0 fully saturated rings. The van der Waals surface area contributed by atoms with Crippen molar-refractivity contribution in [3.63, 3.8) is 0 Å². The van der Waals surface area contributed by atoms with E-state index in [-0.39, 0.29) is 0 Å². The molecule has 4 aromatic rings. The summed E-state index contributed by atoms with van der Waals surface area (Å²) in [4.78, 5) is 7.35. The number of nitrogens with zero attached hydrogens (tertiary/aromatic N) is 4. The van der Waals surface area contributed by atoms with Gasteiger partial charge in [-0.15, -0.1) is 21.5 Å². The van der Waals surface area contributed by atoms with Crippen LogP contribution in [0.3, 0.4) is 0 Å². The maximum atomic E-state index is 4.73. The van der Waals surface area contributed by atoms with Gasteiger partial charge < -0.3 is 0 Å². The molecule has 0 saturated heterocycles. The Labute approximate surface area is 150 Å². The summed E-state index contributed by atoms with van der Waals surface area (Å²) in [6, 6.07) is 10.5. The second kappa shape index (κ2) is 5.92. The first-order chi connectivity index (χ1) is 12.3.